The molecule has 18 heteroatoms. The van der Waals surface area contributed by atoms with Crippen molar-refractivity contribution >= 4 is 38.3 Å². The number of alkyl halides is 1. The summed E-state index contributed by atoms with van der Waals surface area (Å²) in [6.07, 6.45) is 9.93. The van der Waals surface area contributed by atoms with E-state index in [1.807, 2.05) is 15.7 Å². The lowest BCUT2D eigenvalue weighted by atomic mass is 9.59. The number of ether oxygens (including phenoxy) is 3. The lowest BCUT2D eigenvalue weighted by molar-refractivity contribution is -0.0628. The molecule has 5 aliphatic rings. The van der Waals surface area contributed by atoms with Gasteiger partial charge in [0.25, 0.3) is 15.9 Å². The molecule has 1 aliphatic carbocycles. The lowest BCUT2D eigenvalue weighted by Gasteiger charge is -2.58. The molecule has 1 atom stereocenters. The van der Waals surface area contributed by atoms with Crippen LogP contribution in [0.5, 0.6) is 23.0 Å². The van der Waals surface area contributed by atoms with E-state index < -0.39 is 38.1 Å². The van der Waals surface area contributed by atoms with Gasteiger partial charge in [-0.05, 0) is 116 Å². The number of aromatic hydroxyl groups is 1. The van der Waals surface area contributed by atoms with Crippen LogP contribution in [-0.2, 0) is 27.8 Å². The monoisotopic (exact) mass is 1090 g/mol. The summed E-state index contributed by atoms with van der Waals surface area (Å²) >= 11 is 0. The molecular formula is C60H72F2N8O7S. The number of phenolic OH excluding ortho intramolecular Hbond substituents is 1. The molecule has 1 saturated carbocycles. The van der Waals surface area contributed by atoms with Crippen molar-refractivity contribution in [3.05, 3.63) is 131 Å². The van der Waals surface area contributed by atoms with Gasteiger partial charge in [0.15, 0.2) is 0 Å². The number of hydrogen-bond acceptors (Lipinski definition) is 13. The van der Waals surface area contributed by atoms with Gasteiger partial charge in [0, 0.05) is 120 Å². The number of anilines is 2. The van der Waals surface area contributed by atoms with E-state index >= 15 is 8.78 Å². The van der Waals surface area contributed by atoms with Crippen LogP contribution in [0.4, 0.5) is 20.2 Å². The van der Waals surface area contributed by atoms with Crippen LogP contribution in [0.15, 0.2) is 102 Å². The minimum absolute atomic E-state index is 0.0593. The van der Waals surface area contributed by atoms with E-state index in [4.69, 9.17) is 14.2 Å². The van der Waals surface area contributed by atoms with Crippen LogP contribution in [0.25, 0.3) is 11.0 Å². The highest BCUT2D eigenvalue weighted by atomic mass is 32.2. The Morgan fingerprint density at radius 2 is 1.68 bits per heavy atom. The van der Waals surface area contributed by atoms with Crippen molar-refractivity contribution < 1.29 is 41.3 Å². The van der Waals surface area contributed by atoms with Gasteiger partial charge >= 0.3 is 0 Å². The van der Waals surface area contributed by atoms with E-state index in [0.29, 0.717) is 30.7 Å². The summed E-state index contributed by atoms with van der Waals surface area (Å²) in [5, 5.41) is 14.4. The summed E-state index contributed by atoms with van der Waals surface area (Å²) in [4.78, 5) is 31.0. The molecule has 5 fully saturated rings. The molecule has 414 valence electrons. The van der Waals surface area contributed by atoms with Gasteiger partial charge in [0.2, 0.25) is 0 Å². The van der Waals surface area contributed by atoms with Crippen molar-refractivity contribution in [2.24, 2.45) is 5.41 Å². The average Bonchev–Trinajstić information content (AvgIpc) is 4.27. The highest BCUT2D eigenvalue weighted by Crippen LogP contribution is 2.54. The quantitative estimate of drug-likeness (QED) is 0.0639. The second kappa shape index (κ2) is 22.4. The van der Waals surface area contributed by atoms with Gasteiger partial charge in [0.05, 0.1) is 35.1 Å². The number of likely N-dealkylation sites (tertiary alicyclic amines) is 1. The second-order valence-electron chi connectivity index (χ2n) is 22.7. The number of fused-ring (bicyclic) bond motifs is 1. The van der Waals surface area contributed by atoms with E-state index in [2.05, 4.69) is 86.3 Å². The summed E-state index contributed by atoms with van der Waals surface area (Å²) in [5.74, 6) is -0.736. The zero-order valence-corrected chi connectivity index (χ0v) is 45.7. The van der Waals surface area contributed by atoms with Crippen molar-refractivity contribution in [3.8, 4) is 23.0 Å². The molecule has 6 heterocycles. The highest BCUT2D eigenvalue weighted by molar-refractivity contribution is 7.90. The van der Waals surface area contributed by atoms with Crippen LogP contribution < -0.4 is 24.4 Å². The van der Waals surface area contributed by atoms with Crippen LogP contribution in [0.2, 0.25) is 0 Å². The Morgan fingerprint density at radius 1 is 0.897 bits per heavy atom. The van der Waals surface area contributed by atoms with Gasteiger partial charge in [-0.3, -0.25) is 19.5 Å². The maximum Gasteiger partial charge on any atom is 0.268 e. The Kier molecular flexibility index (Phi) is 15.4. The molecule has 6 aromatic rings. The third kappa shape index (κ3) is 11.6. The van der Waals surface area contributed by atoms with Crippen molar-refractivity contribution in [1.82, 2.24) is 29.4 Å². The molecule has 1 spiro atoms. The SMILES string of the molecule is COc1cc(CN2CCN(C3CC4(CCN(c5cc(Oc6cnc7[nH]ccc7c6)c(C(=O)NS(=O)(=O)c6ccc(NCC7(F)CCOCC7)c(O)c6)cc5F)CC4)C3)[C@H](c3ccccc3C(C)C)C2)ccc1CN1CCCC1. The summed E-state index contributed by atoms with van der Waals surface area (Å²) in [6, 6.07) is 25.9. The maximum atomic E-state index is 16.6. The Morgan fingerprint density at radius 3 is 2.44 bits per heavy atom. The van der Waals surface area contributed by atoms with Gasteiger partial charge in [0.1, 0.15) is 40.1 Å². The van der Waals surface area contributed by atoms with Crippen LogP contribution in [0.1, 0.15) is 110 Å². The number of hydrogen-bond donors (Lipinski definition) is 4. The fourth-order valence-electron chi connectivity index (χ4n) is 12.7. The number of piperazine rings is 1. The number of phenols is 1. The Bertz CT molecular complexity index is 3240. The number of carbonyl (C=O) groups is 1. The first-order chi connectivity index (χ1) is 37.6. The molecule has 0 unspecified atom stereocenters. The third-order valence-electron chi connectivity index (χ3n) is 17.2. The Balaban J connectivity index is 0.777. The van der Waals surface area contributed by atoms with Crippen LogP contribution in [0.3, 0.4) is 0 Å². The standard InChI is InChI=1S/C60H72F2N8O7S/c1-40(2)47-8-4-5-9-48(47)53-38-68(36-41-10-11-43(55(28-41)75-3)37-67-20-6-7-21-67)24-25-70(53)44-33-59(34-44)15-22-69(23-16-59)52-32-56(77-45-29-42-14-19-63-57(42)64-35-45)49(31-50(52)61)58(72)66-78(73,74)46-12-13-51(54(71)30-46)65-39-60(62)17-26-76-27-18-60/h4-5,8-14,19,28-32,35,40,44,53,65,71H,6-7,15-18,20-27,33-34,36-39H2,1-3H3,(H,63,64)(H,66,72)/t53-/m0/s1. The van der Waals surface area contributed by atoms with Crippen molar-refractivity contribution in [2.75, 3.05) is 82.9 Å². The summed E-state index contributed by atoms with van der Waals surface area (Å²) < 4.78 is 78.9. The molecule has 0 bridgehead atoms. The number of sulfonamides is 1. The minimum atomic E-state index is -4.61. The smallest absolute Gasteiger partial charge is 0.268 e. The molecule has 4 aromatic carbocycles. The van der Waals surface area contributed by atoms with Gasteiger partial charge < -0.3 is 34.5 Å². The van der Waals surface area contributed by atoms with E-state index in [1.54, 1.807) is 19.4 Å². The number of pyridine rings is 1. The number of carbonyl (C=O) groups excluding carboxylic acids is 1. The van der Waals surface area contributed by atoms with Gasteiger partial charge in [-0.1, -0.05) is 50.2 Å². The fourth-order valence-corrected chi connectivity index (χ4v) is 13.7. The van der Waals surface area contributed by atoms with Crippen molar-refractivity contribution in [3.63, 3.8) is 0 Å². The molecule has 0 radical (unpaired) electrons. The highest BCUT2D eigenvalue weighted by Gasteiger charge is 2.50. The van der Waals surface area contributed by atoms with Gasteiger partial charge in [-0.2, -0.15) is 0 Å². The normalized spacial score (nSPS) is 20.3. The summed E-state index contributed by atoms with van der Waals surface area (Å²) in [6.45, 7) is 13.1. The number of methoxy groups -OCH3 is 1. The lowest BCUT2D eigenvalue weighted by Crippen LogP contribution is -2.60. The van der Waals surface area contributed by atoms with Crippen LogP contribution in [0, 0.1) is 11.2 Å². The van der Waals surface area contributed by atoms with E-state index in [0.717, 1.165) is 94.8 Å². The molecule has 1 amide bonds. The number of aromatic amines is 1. The van der Waals surface area contributed by atoms with Crippen molar-refractivity contribution in [2.45, 2.75) is 107 Å². The van der Waals surface area contributed by atoms with Gasteiger partial charge in [-0.25, -0.2) is 26.9 Å². The molecule has 11 rings (SSSR count). The van der Waals surface area contributed by atoms with E-state index in [1.165, 1.54) is 59.5 Å². The summed E-state index contributed by atoms with van der Waals surface area (Å²) in [5.41, 5.74) is 4.50. The molecule has 2 aromatic heterocycles. The predicted octanol–water partition coefficient (Wildman–Crippen LogP) is 10.3. The van der Waals surface area contributed by atoms with Crippen molar-refractivity contribution in [1.29, 1.82) is 0 Å². The molecule has 4 N–H and O–H groups in total. The predicted molar refractivity (Wildman–Crippen MR) is 297 cm³/mol. The van der Waals surface area contributed by atoms with Crippen LogP contribution in [-0.4, -0.2) is 128 Å². The Labute approximate surface area is 456 Å². The number of nitrogens with zero attached hydrogens (tertiary/aromatic N) is 5. The molecule has 4 saturated heterocycles. The molecular weight excluding hydrogens is 1010 g/mol. The number of benzene rings is 4. The van der Waals surface area contributed by atoms with E-state index in [9.17, 15) is 18.3 Å². The number of piperidine rings is 1. The first-order valence-corrected chi connectivity index (χ1v) is 29.2. The number of nitrogens with one attached hydrogen (secondary N) is 3. The fraction of sp³-hybridized carbons (Fsp3) is 0.467. The number of rotatable bonds is 17. The zero-order chi connectivity index (χ0) is 54.2. The first kappa shape index (κ1) is 53.7. The zero-order valence-electron chi connectivity index (χ0n) is 44.9. The van der Waals surface area contributed by atoms with Crippen LogP contribution >= 0.6 is 0 Å². The first-order valence-electron chi connectivity index (χ1n) is 27.7. The maximum absolute atomic E-state index is 16.6. The summed E-state index contributed by atoms with van der Waals surface area (Å²) in [7, 11) is -2.83. The Hall–Kier alpha value is -6.31. The molecule has 15 nitrogen and oxygen atoms in total. The number of amides is 1. The third-order valence-corrected chi connectivity index (χ3v) is 18.5. The van der Waals surface area contributed by atoms with E-state index in [-0.39, 0.29) is 72.5 Å². The van der Waals surface area contributed by atoms with Gasteiger partial charge in [-0.15, -0.1) is 0 Å². The topological polar surface area (TPSA) is 165 Å². The minimum Gasteiger partial charge on any atom is -0.506 e. The second-order valence-corrected chi connectivity index (χ2v) is 24.4. The number of halogens is 2. The largest absolute Gasteiger partial charge is 0.506 e. The average molecular weight is 1090 g/mol. The number of aromatic nitrogens is 2. The molecule has 78 heavy (non-hydrogen) atoms. The number of H-pyrrole nitrogens is 1. The molecule has 4 aliphatic heterocycles.